The first-order chi connectivity index (χ1) is 13.6. The molecule has 0 aliphatic carbocycles. The van der Waals surface area contributed by atoms with Crippen LogP contribution in [-0.2, 0) is 11.3 Å². The van der Waals surface area contributed by atoms with Gasteiger partial charge in [-0.15, -0.1) is 5.10 Å². The van der Waals surface area contributed by atoms with Crippen LogP contribution in [0.1, 0.15) is 0 Å². The minimum absolute atomic E-state index is 0.178. The Kier molecular flexibility index (Phi) is 4.90. The van der Waals surface area contributed by atoms with Crippen molar-refractivity contribution in [2.24, 2.45) is 0 Å². The first kappa shape index (κ1) is 17.9. The quantitative estimate of drug-likeness (QED) is 0.515. The maximum absolute atomic E-state index is 12.6. The van der Waals surface area contributed by atoms with E-state index in [9.17, 15) is 9.59 Å². The van der Waals surface area contributed by atoms with Crippen LogP contribution in [-0.4, -0.2) is 25.1 Å². The lowest BCUT2D eigenvalue weighted by Crippen LogP contribution is -2.28. The van der Waals surface area contributed by atoms with Crippen LogP contribution in [0.5, 0.6) is 11.6 Å². The highest BCUT2D eigenvalue weighted by Crippen LogP contribution is 2.21. The fourth-order valence-corrected chi connectivity index (χ4v) is 3.00. The number of hydrogen-bond acceptors (Lipinski definition) is 5. The number of carbonyl (C=O) groups is 1. The third kappa shape index (κ3) is 3.79. The SMILES string of the molecule is O=C(Cn1nc2c(Oc3ccccc3)nccn2c1=O)Nc1cccc(Br)c1. The van der Waals surface area contributed by atoms with E-state index in [1.165, 1.54) is 16.8 Å². The number of para-hydroxylation sites is 1. The van der Waals surface area contributed by atoms with Crippen molar-refractivity contribution < 1.29 is 9.53 Å². The lowest BCUT2D eigenvalue weighted by atomic mass is 10.3. The lowest BCUT2D eigenvalue weighted by Gasteiger charge is -2.05. The molecule has 0 aliphatic heterocycles. The molecule has 2 aromatic carbocycles. The minimum atomic E-state index is -0.459. The summed E-state index contributed by atoms with van der Waals surface area (Å²) in [6, 6.07) is 16.2. The number of aromatic nitrogens is 4. The van der Waals surface area contributed by atoms with Crippen molar-refractivity contribution in [1.29, 1.82) is 0 Å². The molecular weight excluding hydrogens is 426 g/mol. The molecule has 4 aromatic rings. The molecule has 1 N–H and O–H groups in total. The molecular formula is C19H14BrN5O3. The summed E-state index contributed by atoms with van der Waals surface area (Å²) in [7, 11) is 0. The summed E-state index contributed by atoms with van der Waals surface area (Å²) < 4.78 is 8.92. The number of nitrogens with one attached hydrogen (secondary N) is 1. The Hall–Kier alpha value is -3.46. The van der Waals surface area contributed by atoms with Gasteiger partial charge in [0.25, 0.3) is 5.88 Å². The molecule has 4 rings (SSSR count). The number of ether oxygens (including phenoxy) is 1. The number of anilines is 1. The van der Waals surface area contributed by atoms with Crippen LogP contribution in [0.2, 0.25) is 0 Å². The first-order valence-electron chi connectivity index (χ1n) is 8.33. The van der Waals surface area contributed by atoms with E-state index >= 15 is 0 Å². The van der Waals surface area contributed by atoms with Gasteiger partial charge in [0.05, 0.1) is 0 Å². The van der Waals surface area contributed by atoms with Gasteiger partial charge in [-0.05, 0) is 30.3 Å². The highest BCUT2D eigenvalue weighted by Gasteiger charge is 2.15. The summed E-state index contributed by atoms with van der Waals surface area (Å²) in [4.78, 5) is 29.0. The smallest absolute Gasteiger partial charge is 0.351 e. The van der Waals surface area contributed by atoms with Crippen molar-refractivity contribution >= 4 is 33.2 Å². The zero-order chi connectivity index (χ0) is 19.5. The van der Waals surface area contributed by atoms with E-state index in [2.05, 4.69) is 31.3 Å². The molecule has 1 amide bonds. The predicted molar refractivity (Wildman–Crippen MR) is 107 cm³/mol. The van der Waals surface area contributed by atoms with Gasteiger partial charge in [-0.25, -0.2) is 18.9 Å². The van der Waals surface area contributed by atoms with Crippen molar-refractivity contribution in [2.75, 3.05) is 5.32 Å². The number of amides is 1. The van der Waals surface area contributed by atoms with Crippen molar-refractivity contribution in [3.05, 3.63) is 81.9 Å². The predicted octanol–water partition coefficient (Wildman–Crippen LogP) is 3.08. The summed E-state index contributed by atoms with van der Waals surface area (Å²) in [6.07, 6.45) is 2.92. The second kappa shape index (κ2) is 7.65. The monoisotopic (exact) mass is 439 g/mol. The summed E-state index contributed by atoms with van der Waals surface area (Å²) in [5.41, 5.74) is 0.386. The van der Waals surface area contributed by atoms with Crippen LogP contribution >= 0.6 is 15.9 Å². The number of nitrogens with zero attached hydrogens (tertiary/aromatic N) is 4. The zero-order valence-corrected chi connectivity index (χ0v) is 16.0. The Morgan fingerprint density at radius 2 is 1.96 bits per heavy atom. The molecule has 140 valence electrons. The van der Waals surface area contributed by atoms with Crippen molar-refractivity contribution in [1.82, 2.24) is 19.2 Å². The van der Waals surface area contributed by atoms with Crippen LogP contribution in [0.15, 0.2) is 76.3 Å². The van der Waals surface area contributed by atoms with Gasteiger partial charge in [0.1, 0.15) is 12.3 Å². The lowest BCUT2D eigenvalue weighted by molar-refractivity contribution is -0.117. The summed E-state index contributed by atoms with van der Waals surface area (Å²) in [5.74, 6) is 0.372. The van der Waals surface area contributed by atoms with E-state index < -0.39 is 5.69 Å². The normalized spacial score (nSPS) is 10.8. The maximum atomic E-state index is 12.6. The molecule has 0 aliphatic rings. The second-order valence-electron chi connectivity index (χ2n) is 5.84. The van der Waals surface area contributed by atoms with Gasteiger partial charge in [-0.3, -0.25) is 4.79 Å². The van der Waals surface area contributed by atoms with Crippen LogP contribution in [0.4, 0.5) is 5.69 Å². The first-order valence-corrected chi connectivity index (χ1v) is 9.12. The van der Waals surface area contributed by atoms with Gasteiger partial charge < -0.3 is 10.1 Å². The molecule has 0 fully saturated rings. The Labute approximate surface area is 167 Å². The van der Waals surface area contributed by atoms with Crippen molar-refractivity contribution in [3.8, 4) is 11.6 Å². The number of rotatable bonds is 5. The third-order valence-corrected chi connectivity index (χ3v) is 4.32. The third-order valence-electron chi connectivity index (χ3n) is 3.83. The maximum Gasteiger partial charge on any atom is 0.351 e. The number of benzene rings is 2. The van der Waals surface area contributed by atoms with E-state index in [1.54, 1.807) is 30.3 Å². The number of fused-ring (bicyclic) bond motifs is 1. The highest BCUT2D eigenvalue weighted by molar-refractivity contribution is 9.10. The average molecular weight is 440 g/mol. The topological polar surface area (TPSA) is 90.5 Å². The van der Waals surface area contributed by atoms with Gasteiger partial charge in [0.15, 0.2) is 0 Å². The molecule has 0 bridgehead atoms. The Balaban J connectivity index is 1.60. The number of hydrogen-bond donors (Lipinski definition) is 1. The molecule has 2 heterocycles. The standard InChI is InChI=1S/C19H14BrN5O3/c20-13-5-4-6-14(11-13)22-16(26)12-25-19(27)24-10-9-21-18(17(24)23-25)28-15-7-2-1-3-8-15/h1-11H,12H2,(H,22,26). The van der Waals surface area contributed by atoms with E-state index in [-0.39, 0.29) is 24.0 Å². The molecule has 0 atom stereocenters. The van der Waals surface area contributed by atoms with E-state index in [4.69, 9.17) is 4.74 Å². The highest BCUT2D eigenvalue weighted by atomic mass is 79.9. The van der Waals surface area contributed by atoms with Crippen LogP contribution in [0, 0.1) is 0 Å². The second-order valence-corrected chi connectivity index (χ2v) is 6.76. The van der Waals surface area contributed by atoms with Crippen LogP contribution < -0.4 is 15.7 Å². The molecule has 28 heavy (non-hydrogen) atoms. The summed E-state index contributed by atoms with van der Waals surface area (Å²) in [6.45, 7) is -0.238. The fraction of sp³-hybridized carbons (Fsp3) is 0.0526. The summed E-state index contributed by atoms with van der Waals surface area (Å²) >= 11 is 3.35. The van der Waals surface area contributed by atoms with Gasteiger partial charge in [0.2, 0.25) is 11.6 Å². The molecule has 0 saturated carbocycles. The molecule has 0 saturated heterocycles. The molecule has 9 heteroatoms. The summed E-state index contributed by atoms with van der Waals surface area (Å²) in [5, 5.41) is 6.95. The molecule has 2 aromatic heterocycles. The minimum Gasteiger partial charge on any atom is -0.436 e. The Morgan fingerprint density at radius 1 is 1.14 bits per heavy atom. The van der Waals surface area contributed by atoms with Gasteiger partial charge in [-0.1, -0.05) is 40.2 Å². The molecule has 0 spiro atoms. The van der Waals surface area contributed by atoms with E-state index in [0.717, 1.165) is 9.15 Å². The van der Waals surface area contributed by atoms with Gasteiger partial charge in [0, 0.05) is 22.6 Å². The Bertz CT molecular complexity index is 1200. The van der Waals surface area contributed by atoms with Crippen LogP contribution in [0.25, 0.3) is 5.65 Å². The number of carbonyl (C=O) groups excluding carboxylic acids is 1. The van der Waals surface area contributed by atoms with E-state index in [1.807, 2.05) is 24.3 Å². The van der Waals surface area contributed by atoms with Crippen molar-refractivity contribution in [2.45, 2.75) is 6.54 Å². The van der Waals surface area contributed by atoms with Gasteiger partial charge in [-0.2, -0.15) is 0 Å². The van der Waals surface area contributed by atoms with Crippen molar-refractivity contribution in [3.63, 3.8) is 0 Å². The zero-order valence-electron chi connectivity index (χ0n) is 14.4. The Morgan fingerprint density at radius 3 is 2.75 bits per heavy atom. The fourth-order valence-electron chi connectivity index (χ4n) is 2.60. The molecule has 0 radical (unpaired) electrons. The number of halogens is 1. The van der Waals surface area contributed by atoms with Gasteiger partial charge >= 0.3 is 5.69 Å². The average Bonchev–Trinajstić information content (AvgIpc) is 2.99. The molecule has 0 unspecified atom stereocenters. The largest absolute Gasteiger partial charge is 0.436 e. The van der Waals surface area contributed by atoms with E-state index in [0.29, 0.717) is 11.4 Å². The molecule has 8 nitrogen and oxygen atoms in total. The van der Waals surface area contributed by atoms with Crippen LogP contribution in [0.3, 0.4) is 0 Å².